The SMILES string of the molecule is [C-]#[N+]c1ccc(-c2nc(C(=O)N3CCC[C@H](N)C3)c(CCO)n2-c2ccc(C3CC3)cc2)cc1F. The van der Waals surface area contributed by atoms with Crippen molar-refractivity contribution in [3.05, 3.63) is 76.7 Å². The average Bonchev–Trinajstić information content (AvgIpc) is 3.65. The summed E-state index contributed by atoms with van der Waals surface area (Å²) in [6.07, 6.45) is 4.28. The van der Waals surface area contributed by atoms with Crippen molar-refractivity contribution in [2.45, 2.75) is 44.1 Å². The second kappa shape index (κ2) is 9.61. The van der Waals surface area contributed by atoms with Gasteiger partial charge in [0.1, 0.15) is 11.6 Å². The van der Waals surface area contributed by atoms with E-state index in [1.54, 1.807) is 11.0 Å². The molecule has 2 heterocycles. The van der Waals surface area contributed by atoms with Gasteiger partial charge in [-0.25, -0.2) is 14.2 Å². The zero-order valence-electron chi connectivity index (χ0n) is 19.5. The van der Waals surface area contributed by atoms with Crippen molar-refractivity contribution in [2.24, 2.45) is 5.73 Å². The van der Waals surface area contributed by atoms with E-state index in [9.17, 15) is 14.3 Å². The molecule has 1 saturated heterocycles. The van der Waals surface area contributed by atoms with Crippen LogP contribution in [0, 0.1) is 12.4 Å². The number of rotatable bonds is 6. The molecule has 1 aliphatic heterocycles. The molecule has 2 aromatic carbocycles. The molecule has 0 radical (unpaired) electrons. The minimum Gasteiger partial charge on any atom is -0.396 e. The summed E-state index contributed by atoms with van der Waals surface area (Å²) in [6, 6.07) is 12.4. The molecule has 0 bridgehead atoms. The number of halogens is 1. The molecule has 0 unspecified atom stereocenters. The van der Waals surface area contributed by atoms with E-state index in [0.717, 1.165) is 18.5 Å². The van der Waals surface area contributed by atoms with Gasteiger partial charge in [-0.1, -0.05) is 24.3 Å². The average molecular weight is 474 g/mol. The molecule has 7 nitrogen and oxygen atoms in total. The first kappa shape index (κ1) is 23.2. The number of hydrogen-bond donors (Lipinski definition) is 2. The van der Waals surface area contributed by atoms with Crippen LogP contribution in [0.25, 0.3) is 21.9 Å². The summed E-state index contributed by atoms with van der Waals surface area (Å²) in [5.41, 5.74) is 9.36. The predicted molar refractivity (Wildman–Crippen MR) is 131 cm³/mol. The van der Waals surface area contributed by atoms with Crippen molar-refractivity contribution in [2.75, 3.05) is 19.7 Å². The molecule has 0 spiro atoms. The topological polar surface area (TPSA) is 88.7 Å². The fourth-order valence-electron chi connectivity index (χ4n) is 4.83. The standard InChI is InChI=1S/C27H28FN5O2/c1-30-23-11-8-19(15-22(23)28)26-31-25(27(35)32-13-2-3-20(29)16-32)24(12-14-34)33(26)21-9-6-18(7-10-21)17-4-5-17/h6-11,15,17,20,34H,2-5,12-14,16,29H2/t20-/m0/s1. The van der Waals surface area contributed by atoms with Crippen LogP contribution in [0.1, 0.15) is 53.3 Å². The highest BCUT2D eigenvalue weighted by molar-refractivity contribution is 5.95. The molecular weight excluding hydrogens is 445 g/mol. The van der Waals surface area contributed by atoms with Gasteiger partial charge in [0, 0.05) is 43.4 Å². The highest BCUT2D eigenvalue weighted by Crippen LogP contribution is 2.40. The Balaban J connectivity index is 1.66. The van der Waals surface area contributed by atoms with Gasteiger partial charge in [-0.3, -0.25) is 9.36 Å². The second-order valence-electron chi connectivity index (χ2n) is 9.34. The Morgan fingerprint density at radius 3 is 2.60 bits per heavy atom. The number of nitrogens with zero attached hydrogens (tertiary/aromatic N) is 4. The highest BCUT2D eigenvalue weighted by Gasteiger charge is 2.30. The molecule has 3 N–H and O–H groups in total. The van der Waals surface area contributed by atoms with Gasteiger partial charge in [0.05, 0.1) is 12.3 Å². The lowest BCUT2D eigenvalue weighted by Gasteiger charge is -2.30. The number of hydrogen-bond acceptors (Lipinski definition) is 4. The van der Waals surface area contributed by atoms with Gasteiger partial charge in [-0.15, -0.1) is 0 Å². The summed E-state index contributed by atoms with van der Waals surface area (Å²) in [6.45, 7) is 8.02. The van der Waals surface area contributed by atoms with Crippen LogP contribution in [0.15, 0.2) is 42.5 Å². The maximum atomic E-state index is 14.6. The molecule has 180 valence electrons. The van der Waals surface area contributed by atoms with Crippen molar-refractivity contribution >= 4 is 11.6 Å². The zero-order valence-corrected chi connectivity index (χ0v) is 19.5. The van der Waals surface area contributed by atoms with Gasteiger partial charge in [0.2, 0.25) is 5.69 Å². The lowest BCUT2D eigenvalue weighted by atomic mass is 10.1. The minimum atomic E-state index is -0.644. The Hall–Kier alpha value is -3.54. The molecule has 1 saturated carbocycles. The molecule has 1 amide bonds. The fraction of sp³-hybridized carbons (Fsp3) is 0.370. The van der Waals surface area contributed by atoms with Crippen molar-refractivity contribution in [3.63, 3.8) is 0 Å². The summed E-state index contributed by atoms with van der Waals surface area (Å²) in [7, 11) is 0. The number of aliphatic hydroxyl groups excluding tert-OH is 1. The van der Waals surface area contributed by atoms with Gasteiger partial charge >= 0.3 is 0 Å². The van der Waals surface area contributed by atoms with Crippen LogP contribution in [0.4, 0.5) is 10.1 Å². The molecule has 1 atom stereocenters. The number of aliphatic hydroxyl groups is 1. The minimum absolute atomic E-state index is 0.0742. The number of nitrogens with two attached hydrogens (primary N) is 1. The van der Waals surface area contributed by atoms with E-state index in [1.807, 2.05) is 16.7 Å². The van der Waals surface area contributed by atoms with Crippen molar-refractivity contribution in [1.29, 1.82) is 0 Å². The third-order valence-corrected chi connectivity index (χ3v) is 6.80. The first-order valence-corrected chi connectivity index (χ1v) is 12.0. The van der Waals surface area contributed by atoms with Gasteiger partial charge in [0.15, 0.2) is 5.69 Å². The molecule has 2 fully saturated rings. The number of piperidine rings is 1. The van der Waals surface area contributed by atoms with Crippen LogP contribution < -0.4 is 5.73 Å². The maximum Gasteiger partial charge on any atom is 0.274 e. The normalized spacial score (nSPS) is 17.9. The number of amides is 1. The molecular formula is C27H28FN5O2. The number of carbonyl (C=O) groups is 1. The van der Waals surface area contributed by atoms with Gasteiger partial charge < -0.3 is 15.7 Å². The Morgan fingerprint density at radius 1 is 1.20 bits per heavy atom. The van der Waals surface area contributed by atoms with Crippen molar-refractivity contribution in [3.8, 4) is 17.1 Å². The van der Waals surface area contributed by atoms with E-state index in [-0.39, 0.29) is 36.4 Å². The number of imidazole rings is 1. The molecule has 3 aromatic rings. The van der Waals surface area contributed by atoms with E-state index >= 15 is 0 Å². The van der Waals surface area contributed by atoms with Gasteiger partial charge in [-0.2, -0.15) is 0 Å². The molecule has 35 heavy (non-hydrogen) atoms. The summed E-state index contributed by atoms with van der Waals surface area (Å²) < 4.78 is 16.4. The van der Waals surface area contributed by atoms with E-state index in [1.165, 1.54) is 30.5 Å². The third kappa shape index (κ3) is 4.57. The van der Waals surface area contributed by atoms with Crippen LogP contribution in [0.2, 0.25) is 0 Å². The van der Waals surface area contributed by atoms with Crippen LogP contribution in [0.5, 0.6) is 0 Å². The smallest absolute Gasteiger partial charge is 0.274 e. The lowest BCUT2D eigenvalue weighted by Crippen LogP contribution is -2.46. The molecule has 2 aliphatic rings. The zero-order chi connectivity index (χ0) is 24.5. The number of benzene rings is 2. The Morgan fingerprint density at radius 2 is 1.97 bits per heavy atom. The molecule has 8 heteroatoms. The maximum absolute atomic E-state index is 14.6. The van der Waals surface area contributed by atoms with Crippen LogP contribution >= 0.6 is 0 Å². The Bertz CT molecular complexity index is 1290. The third-order valence-electron chi connectivity index (χ3n) is 6.80. The van der Waals surface area contributed by atoms with E-state index < -0.39 is 5.82 Å². The number of likely N-dealkylation sites (tertiary alicyclic amines) is 1. The second-order valence-corrected chi connectivity index (χ2v) is 9.34. The quantitative estimate of drug-likeness (QED) is 0.525. The first-order valence-electron chi connectivity index (χ1n) is 12.0. The summed E-state index contributed by atoms with van der Waals surface area (Å²) in [5.74, 6) is 0.109. The van der Waals surface area contributed by atoms with E-state index in [0.29, 0.717) is 36.1 Å². The Labute approximate surface area is 203 Å². The fourth-order valence-corrected chi connectivity index (χ4v) is 4.83. The summed E-state index contributed by atoms with van der Waals surface area (Å²) >= 11 is 0. The molecule has 5 rings (SSSR count). The Kier molecular flexibility index (Phi) is 6.37. The van der Waals surface area contributed by atoms with Gasteiger partial charge in [-0.05, 0) is 55.4 Å². The number of aromatic nitrogens is 2. The first-order chi connectivity index (χ1) is 17.0. The van der Waals surface area contributed by atoms with Crippen molar-refractivity contribution in [1.82, 2.24) is 14.5 Å². The molecule has 1 aliphatic carbocycles. The lowest BCUT2D eigenvalue weighted by molar-refractivity contribution is 0.0702. The van der Waals surface area contributed by atoms with E-state index in [4.69, 9.17) is 17.3 Å². The van der Waals surface area contributed by atoms with Crippen LogP contribution in [0.3, 0.4) is 0 Å². The number of carbonyl (C=O) groups excluding carboxylic acids is 1. The van der Waals surface area contributed by atoms with Crippen LogP contribution in [-0.2, 0) is 6.42 Å². The van der Waals surface area contributed by atoms with Crippen molar-refractivity contribution < 1.29 is 14.3 Å². The summed E-state index contributed by atoms with van der Waals surface area (Å²) in [5, 5.41) is 9.89. The van der Waals surface area contributed by atoms with Crippen LogP contribution in [-0.4, -0.2) is 51.2 Å². The summed E-state index contributed by atoms with van der Waals surface area (Å²) in [4.78, 5) is 23.2. The largest absolute Gasteiger partial charge is 0.396 e. The monoisotopic (exact) mass is 473 g/mol. The predicted octanol–water partition coefficient (Wildman–Crippen LogP) is 4.20. The van der Waals surface area contributed by atoms with E-state index in [2.05, 4.69) is 17.0 Å². The highest BCUT2D eigenvalue weighted by atomic mass is 19.1. The van der Waals surface area contributed by atoms with Gasteiger partial charge in [0.25, 0.3) is 5.91 Å². The molecule has 1 aromatic heterocycles.